The van der Waals surface area contributed by atoms with Crippen molar-refractivity contribution in [2.75, 3.05) is 27.3 Å². The normalized spacial score (nSPS) is 14.5. The van der Waals surface area contributed by atoms with Crippen molar-refractivity contribution < 1.29 is 9.47 Å². The zero-order valence-corrected chi connectivity index (χ0v) is 22.2. The smallest absolute Gasteiger partial charge is 0.193 e. The number of hydrogen-bond acceptors (Lipinski definition) is 4. The summed E-state index contributed by atoms with van der Waals surface area (Å²) < 4.78 is 13.3. The van der Waals surface area contributed by atoms with Gasteiger partial charge in [0.05, 0.1) is 24.6 Å². The van der Waals surface area contributed by atoms with Gasteiger partial charge in [0.15, 0.2) is 5.96 Å². The number of nitrogens with one attached hydrogen (secondary N) is 1. The lowest BCUT2D eigenvalue weighted by atomic mass is 10.1. The van der Waals surface area contributed by atoms with Crippen molar-refractivity contribution in [3.05, 3.63) is 83.7 Å². The average molecular weight is 575 g/mol. The van der Waals surface area contributed by atoms with Gasteiger partial charge < -0.3 is 19.7 Å². The summed E-state index contributed by atoms with van der Waals surface area (Å²) in [5.41, 5.74) is 4.58. The Labute approximate surface area is 219 Å². The van der Waals surface area contributed by atoms with Gasteiger partial charge in [-0.15, -0.1) is 24.0 Å². The number of benzene rings is 2. The topological polar surface area (TPSA) is 63.9 Å². The van der Waals surface area contributed by atoms with Gasteiger partial charge in [0.25, 0.3) is 0 Å². The van der Waals surface area contributed by atoms with E-state index >= 15 is 0 Å². The Bertz CT molecular complexity index is 1020. The van der Waals surface area contributed by atoms with Crippen LogP contribution in [0, 0.1) is 0 Å². The van der Waals surface area contributed by atoms with E-state index in [1.165, 1.54) is 11.1 Å². The molecular formula is C26H34IN5O2. The molecule has 1 N–H and O–H groups in total. The molecule has 34 heavy (non-hydrogen) atoms. The highest BCUT2D eigenvalue weighted by Gasteiger charge is 2.14. The maximum atomic E-state index is 6.01. The molecular weight excluding hydrogens is 541 g/mol. The van der Waals surface area contributed by atoms with Crippen molar-refractivity contribution >= 4 is 29.9 Å². The summed E-state index contributed by atoms with van der Waals surface area (Å²) in [7, 11) is 3.84. The number of nitrogens with zero attached hydrogens (tertiary/aromatic N) is 4. The van der Waals surface area contributed by atoms with Crippen LogP contribution in [0.3, 0.4) is 0 Å². The van der Waals surface area contributed by atoms with Crippen LogP contribution in [0.15, 0.2) is 72.0 Å². The molecule has 0 saturated carbocycles. The third kappa shape index (κ3) is 7.54. The SMILES string of the molecule is CN=C(NCc1ccc(COC2CCOCC2)cc1)N(C)Cc1cnn(-c2ccccc2)c1.I. The van der Waals surface area contributed by atoms with Crippen molar-refractivity contribution in [2.45, 2.75) is 38.6 Å². The van der Waals surface area contributed by atoms with Crippen LogP contribution in [-0.2, 0) is 29.2 Å². The molecule has 4 rings (SSSR count). The molecule has 3 aromatic rings. The zero-order chi connectivity index (χ0) is 22.9. The van der Waals surface area contributed by atoms with Gasteiger partial charge in [-0.1, -0.05) is 42.5 Å². The van der Waals surface area contributed by atoms with Gasteiger partial charge in [0, 0.05) is 52.2 Å². The van der Waals surface area contributed by atoms with Gasteiger partial charge >= 0.3 is 0 Å². The Kier molecular flexibility index (Phi) is 10.4. The highest BCUT2D eigenvalue weighted by molar-refractivity contribution is 14.0. The van der Waals surface area contributed by atoms with Crippen LogP contribution in [0.4, 0.5) is 0 Å². The Morgan fingerprint density at radius 1 is 1.09 bits per heavy atom. The van der Waals surface area contributed by atoms with E-state index in [1.54, 1.807) is 0 Å². The number of para-hydroxylation sites is 1. The van der Waals surface area contributed by atoms with Crippen LogP contribution in [0.5, 0.6) is 0 Å². The number of rotatable bonds is 8. The Balaban J connectivity index is 0.00000324. The molecule has 1 aliphatic heterocycles. The van der Waals surface area contributed by atoms with E-state index in [-0.39, 0.29) is 24.0 Å². The minimum atomic E-state index is 0. The molecule has 0 radical (unpaired) electrons. The number of aliphatic imine (C=N–C) groups is 1. The molecule has 7 nitrogen and oxygen atoms in total. The van der Waals surface area contributed by atoms with Crippen molar-refractivity contribution in [2.24, 2.45) is 4.99 Å². The standard InChI is InChI=1S/C26H33N5O2.HI/c1-27-26(30(2)18-23-17-29-31(19-23)24-6-4-3-5-7-24)28-16-21-8-10-22(11-9-21)20-33-25-12-14-32-15-13-25;/h3-11,17,19,25H,12-16,18,20H2,1-2H3,(H,27,28);1H. The van der Waals surface area contributed by atoms with E-state index in [9.17, 15) is 0 Å². The number of halogens is 1. The highest BCUT2D eigenvalue weighted by atomic mass is 127. The van der Waals surface area contributed by atoms with Gasteiger partial charge in [-0.3, -0.25) is 4.99 Å². The molecule has 182 valence electrons. The van der Waals surface area contributed by atoms with E-state index in [2.05, 4.69) is 50.8 Å². The van der Waals surface area contributed by atoms with Gasteiger partial charge in [0.1, 0.15) is 0 Å². The summed E-state index contributed by atoms with van der Waals surface area (Å²) in [6, 6.07) is 18.7. The van der Waals surface area contributed by atoms with Crippen molar-refractivity contribution in [1.29, 1.82) is 0 Å². The van der Waals surface area contributed by atoms with Crippen molar-refractivity contribution in [3.63, 3.8) is 0 Å². The molecule has 8 heteroatoms. The lowest BCUT2D eigenvalue weighted by Crippen LogP contribution is -2.37. The van der Waals surface area contributed by atoms with Crippen LogP contribution in [-0.4, -0.2) is 54.1 Å². The molecule has 0 spiro atoms. The number of aromatic nitrogens is 2. The first-order valence-corrected chi connectivity index (χ1v) is 11.5. The monoisotopic (exact) mass is 575 g/mol. The molecule has 1 aromatic heterocycles. The minimum Gasteiger partial charge on any atom is -0.381 e. The number of hydrogen-bond donors (Lipinski definition) is 1. The minimum absolute atomic E-state index is 0. The predicted octanol–water partition coefficient (Wildman–Crippen LogP) is 4.39. The van der Waals surface area contributed by atoms with Crippen LogP contribution in [0.25, 0.3) is 5.69 Å². The zero-order valence-electron chi connectivity index (χ0n) is 19.9. The fraction of sp³-hybridized carbons (Fsp3) is 0.385. The summed E-state index contributed by atoms with van der Waals surface area (Å²) in [5, 5.41) is 7.94. The molecule has 0 unspecified atom stereocenters. The maximum Gasteiger partial charge on any atom is 0.193 e. The molecule has 1 fully saturated rings. The van der Waals surface area contributed by atoms with Crippen LogP contribution in [0.1, 0.15) is 29.5 Å². The van der Waals surface area contributed by atoms with Crippen LogP contribution in [0.2, 0.25) is 0 Å². The molecule has 2 heterocycles. The molecule has 0 atom stereocenters. The van der Waals surface area contributed by atoms with E-state index in [0.29, 0.717) is 19.3 Å². The second kappa shape index (κ2) is 13.5. The first-order chi connectivity index (χ1) is 16.2. The van der Waals surface area contributed by atoms with E-state index in [0.717, 1.165) is 49.8 Å². The summed E-state index contributed by atoms with van der Waals surface area (Å²) in [6.07, 6.45) is 6.25. The third-order valence-electron chi connectivity index (χ3n) is 5.78. The molecule has 0 amide bonds. The van der Waals surface area contributed by atoms with Gasteiger partial charge in [-0.05, 0) is 36.1 Å². The first kappa shape index (κ1) is 26.2. The van der Waals surface area contributed by atoms with Crippen LogP contribution < -0.4 is 5.32 Å². The molecule has 2 aromatic carbocycles. The number of ether oxygens (including phenoxy) is 2. The van der Waals surface area contributed by atoms with E-state index in [4.69, 9.17) is 9.47 Å². The highest BCUT2D eigenvalue weighted by Crippen LogP contribution is 2.14. The second-order valence-electron chi connectivity index (χ2n) is 8.32. The van der Waals surface area contributed by atoms with E-state index < -0.39 is 0 Å². The molecule has 1 aliphatic rings. The molecule has 1 saturated heterocycles. The van der Waals surface area contributed by atoms with Gasteiger partial charge in [-0.2, -0.15) is 5.10 Å². The Morgan fingerprint density at radius 2 is 1.79 bits per heavy atom. The lowest BCUT2D eigenvalue weighted by Gasteiger charge is -2.22. The Hall–Kier alpha value is -2.43. The summed E-state index contributed by atoms with van der Waals surface area (Å²) >= 11 is 0. The van der Waals surface area contributed by atoms with E-state index in [1.807, 2.05) is 55.3 Å². The molecule has 0 aliphatic carbocycles. The predicted molar refractivity (Wildman–Crippen MR) is 146 cm³/mol. The number of guanidine groups is 1. The van der Waals surface area contributed by atoms with Crippen molar-refractivity contribution in [1.82, 2.24) is 20.0 Å². The van der Waals surface area contributed by atoms with Gasteiger partial charge in [-0.25, -0.2) is 4.68 Å². The third-order valence-corrected chi connectivity index (χ3v) is 5.78. The van der Waals surface area contributed by atoms with Crippen LogP contribution >= 0.6 is 24.0 Å². The average Bonchev–Trinajstić information content (AvgIpc) is 3.33. The van der Waals surface area contributed by atoms with Gasteiger partial charge in [0.2, 0.25) is 0 Å². The lowest BCUT2D eigenvalue weighted by molar-refractivity contribution is -0.0390. The van der Waals surface area contributed by atoms with Crippen molar-refractivity contribution in [3.8, 4) is 5.69 Å². The summed E-state index contributed by atoms with van der Waals surface area (Å²) in [5.74, 6) is 0.842. The largest absolute Gasteiger partial charge is 0.381 e. The summed E-state index contributed by atoms with van der Waals surface area (Å²) in [6.45, 7) is 3.69. The second-order valence-corrected chi connectivity index (χ2v) is 8.32. The summed E-state index contributed by atoms with van der Waals surface area (Å²) in [4.78, 5) is 6.54. The maximum absolute atomic E-state index is 6.01. The fourth-order valence-corrected chi connectivity index (χ4v) is 3.89. The molecule has 0 bridgehead atoms. The Morgan fingerprint density at radius 3 is 2.50 bits per heavy atom. The fourth-order valence-electron chi connectivity index (χ4n) is 3.89. The quantitative estimate of drug-likeness (QED) is 0.245. The first-order valence-electron chi connectivity index (χ1n) is 11.5.